The van der Waals surface area contributed by atoms with E-state index in [0.29, 0.717) is 0 Å². The molecule has 1 unspecified atom stereocenters. The molecular weight excluding hydrogens is 312 g/mol. The fourth-order valence-corrected chi connectivity index (χ4v) is 3.84. The molecule has 3 heterocycles. The SMILES string of the molecule is C=CCNC(=NCCc1ccco1)N1CCC(CN2CCCCC2)C1. The number of hydrogen-bond acceptors (Lipinski definition) is 3. The summed E-state index contributed by atoms with van der Waals surface area (Å²) >= 11 is 0. The first-order valence-corrected chi connectivity index (χ1v) is 9.74. The lowest BCUT2D eigenvalue weighted by Gasteiger charge is -2.29. The van der Waals surface area contributed by atoms with Gasteiger partial charge in [0.05, 0.1) is 6.26 Å². The van der Waals surface area contributed by atoms with Gasteiger partial charge in [-0.05, 0) is 50.4 Å². The molecule has 2 saturated heterocycles. The number of furan rings is 1. The van der Waals surface area contributed by atoms with Crippen molar-refractivity contribution in [3.05, 3.63) is 36.8 Å². The van der Waals surface area contributed by atoms with Gasteiger partial charge in [0.2, 0.25) is 0 Å². The predicted octanol–water partition coefficient (Wildman–Crippen LogP) is 2.76. The van der Waals surface area contributed by atoms with Crippen LogP contribution in [0, 0.1) is 5.92 Å². The molecule has 1 atom stereocenters. The van der Waals surface area contributed by atoms with E-state index in [1.54, 1.807) is 6.26 Å². The Morgan fingerprint density at radius 2 is 2.20 bits per heavy atom. The zero-order valence-corrected chi connectivity index (χ0v) is 15.3. The van der Waals surface area contributed by atoms with Crippen LogP contribution in [0.2, 0.25) is 0 Å². The van der Waals surface area contributed by atoms with Gasteiger partial charge in [0.1, 0.15) is 5.76 Å². The minimum Gasteiger partial charge on any atom is -0.469 e. The molecule has 5 nitrogen and oxygen atoms in total. The van der Waals surface area contributed by atoms with E-state index < -0.39 is 0 Å². The van der Waals surface area contributed by atoms with Crippen LogP contribution >= 0.6 is 0 Å². The van der Waals surface area contributed by atoms with Crippen molar-refractivity contribution in [2.24, 2.45) is 10.9 Å². The maximum atomic E-state index is 5.40. The Hall–Kier alpha value is -1.75. The topological polar surface area (TPSA) is 44.0 Å². The molecule has 1 aromatic rings. The number of aliphatic imine (C=N–C) groups is 1. The number of piperidine rings is 1. The van der Waals surface area contributed by atoms with Crippen LogP contribution in [0.4, 0.5) is 0 Å². The van der Waals surface area contributed by atoms with Crippen LogP contribution < -0.4 is 5.32 Å². The van der Waals surface area contributed by atoms with Crippen LogP contribution in [0.15, 0.2) is 40.5 Å². The van der Waals surface area contributed by atoms with Crippen molar-refractivity contribution in [3.8, 4) is 0 Å². The second kappa shape index (κ2) is 9.66. The van der Waals surface area contributed by atoms with E-state index in [2.05, 4.69) is 21.7 Å². The lowest BCUT2D eigenvalue weighted by molar-refractivity contribution is 0.198. The summed E-state index contributed by atoms with van der Waals surface area (Å²) in [6.45, 7) is 11.4. The number of guanidine groups is 1. The summed E-state index contributed by atoms with van der Waals surface area (Å²) in [5.74, 6) is 2.78. The zero-order valence-electron chi connectivity index (χ0n) is 15.3. The minimum atomic E-state index is 0.750. The van der Waals surface area contributed by atoms with Gasteiger partial charge in [-0.25, -0.2) is 0 Å². The lowest BCUT2D eigenvalue weighted by atomic mass is 10.1. The Kier molecular flexibility index (Phi) is 6.98. The van der Waals surface area contributed by atoms with E-state index >= 15 is 0 Å². The normalized spacial score (nSPS) is 22.3. The van der Waals surface area contributed by atoms with Crippen molar-refractivity contribution >= 4 is 5.96 Å². The quantitative estimate of drug-likeness (QED) is 0.469. The Bertz CT molecular complexity index is 534. The van der Waals surface area contributed by atoms with Crippen LogP contribution in [0.1, 0.15) is 31.4 Å². The number of hydrogen-bond donors (Lipinski definition) is 1. The predicted molar refractivity (Wildman–Crippen MR) is 103 cm³/mol. The molecule has 0 aromatic carbocycles. The standard InChI is InChI=1S/C20H32N4O/c1-2-10-21-20(22-11-8-19-7-6-15-25-19)24-14-9-18(17-24)16-23-12-4-3-5-13-23/h2,6-7,15,18H,1,3-5,8-14,16-17H2,(H,21,22). The van der Waals surface area contributed by atoms with E-state index in [0.717, 1.165) is 50.2 Å². The van der Waals surface area contributed by atoms with Crippen LogP contribution in [0.25, 0.3) is 0 Å². The van der Waals surface area contributed by atoms with Gasteiger partial charge in [-0.15, -0.1) is 6.58 Å². The third kappa shape index (κ3) is 5.63. The zero-order chi connectivity index (χ0) is 17.3. The lowest BCUT2D eigenvalue weighted by Crippen LogP contribution is -2.41. The molecule has 0 saturated carbocycles. The molecule has 138 valence electrons. The largest absolute Gasteiger partial charge is 0.469 e. The Balaban J connectivity index is 1.50. The van der Waals surface area contributed by atoms with Gasteiger partial charge in [-0.1, -0.05) is 12.5 Å². The smallest absolute Gasteiger partial charge is 0.194 e. The maximum Gasteiger partial charge on any atom is 0.194 e. The van der Waals surface area contributed by atoms with Crippen molar-refractivity contribution in [1.82, 2.24) is 15.1 Å². The van der Waals surface area contributed by atoms with Crippen LogP contribution in [-0.4, -0.2) is 61.6 Å². The van der Waals surface area contributed by atoms with Crippen molar-refractivity contribution in [2.45, 2.75) is 32.1 Å². The number of likely N-dealkylation sites (tertiary alicyclic amines) is 2. The highest BCUT2D eigenvalue weighted by Gasteiger charge is 2.26. The molecule has 3 rings (SSSR count). The molecule has 1 aromatic heterocycles. The van der Waals surface area contributed by atoms with Gasteiger partial charge in [-0.3, -0.25) is 4.99 Å². The first-order chi connectivity index (χ1) is 12.3. The van der Waals surface area contributed by atoms with Crippen LogP contribution in [0.3, 0.4) is 0 Å². The third-order valence-corrected chi connectivity index (χ3v) is 5.15. The van der Waals surface area contributed by atoms with Crippen molar-refractivity contribution in [3.63, 3.8) is 0 Å². The first kappa shape index (κ1) is 18.1. The van der Waals surface area contributed by atoms with Gasteiger partial charge >= 0.3 is 0 Å². The van der Waals surface area contributed by atoms with Gasteiger partial charge in [0.25, 0.3) is 0 Å². The highest BCUT2D eigenvalue weighted by Crippen LogP contribution is 2.20. The summed E-state index contributed by atoms with van der Waals surface area (Å²) in [5, 5.41) is 3.43. The Morgan fingerprint density at radius 3 is 2.96 bits per heavy atom. The second-order valence-corrected chi connectivity index (χ2v) is 7.17. The summed E-state index contributed by atoms with van der Waals surface area (Å²) in [6, 6.07) is 3.94. The first-order valence-electron chi connectivity index (χ1n) is 9.74. The molecule has 2 aliphatic rings. The highest BCUT2D eigenvalue weighted by atomic mass is 16.3. The third-order valence-electron chi connectivity index (χ3n) is 5.15. The average Bonchev–Trinajstić information content (AvgIpc) is 3.31. The minimum absolute atomic E-state index is 0.750. The summed E-state index contributed by atoms with van der Waals surface area (Å²) in [6.07, 6.45) is 9.88. The molecule has 0 bridgehead atoms. The molecule has 2 fully saturated rings. The van der Waals surface area contributed by atoms with Crippen molar-refractivity contribution < 1.29 is 4.42 Å². The van der Waals surface area contributed by atoms with E-state index in [9.17, 15) is 0 Å². The van der Waals surface area contributed by atoms with E-state index in [1.807, 2.05) is 18.2 Å². The van der Waals surface area contributed by atoms with Crippen molar-refractivity contribution in [2.75, 3.05) is 45.8 Å². The molecular formula is C20H32N4O. The summed E-state index contributed by atoms with van der Waals surface area (Å²) in [5.41, 5.74) is 0. The number of nitrogens with zero attached hydrogens (tertiary/aromatic N) is 3. The molecule has 0 radical (unpaired) electrons. The molecule has 0 aliphatic carbocycles. The van der Waals surface area contributed by atoms with E-state index in [4.69, 9.17) is 9.41 Å². The monoisotopic (exact) mass is 344 g/mol. The summed E-state index contributed by atoms with van der Waals surface area (Å²) < 4.78 is 5.40. The van der Waals surface area contributed by atoms with Gasteiger partial charge in [-0.2, -0.15) is 0 Å². The molecule has 5 heteroatoms. The fourth-order valence-electron chi connectivity index (χ4n) is 3.84. The van der Waals surface area contributed by atoms with Gasteiger partial charge in [0.15, 0.2) is 5.96 Å². The van der Waals surface area contributed by atoms with Crippen LogP contribution in [0.5, 0.6) is 0 Å². The van der Waals surface area contributed by atoms with E-state index in [-0.39, 0.29) is 0 Å². The number of nitrogens with one attached hydrogen (secondary N) is 1. The van der Waals surface area contributed by atoms with Crippen molar-refractivity contribution in [1.29, 1.82) is 0 Å². The Labute approximate surface area is 151 Å². The molecule has 0 spiro atoms. The second-order valence-electron chi connectivity index (χ2n) is 7.17. The van der Waals surface area contributed by atoms with E-state index in [1.165, 1.54) is 45.3 Å². The molecule has 1 N–H and O–H groups in total. The van der Waals surface area contributed by atoms with Gasteiger partial charge < -0.3 is 19.5 Å². The fraction of sp³-hybridized carbons (Fsp3) is 0.650. The summed E-state index contributed by atoms with van der Waals surface area (Å²) in [4.78, 5) is 9.88. The molecule has 2 aliphatic heterocycles. The highest BCUT2D eigenvalue weighted by molar-refractivity contribution is 5.80. The maximum absolute atomic E-state index is 5.40. The average molecular weight is 345 g/mol. The summed E-state index contributed by atoms with van der Waals surface area (Å²) in [7, 11) is 0. The van der Waals surface area contributed by atoms with Gasteiger partial charge in [0, 0.05) is 39.1 Å². The Morgan fingerprint density at radius 1 is 1.32 bits per heavy atom. The number of rotatable bonds is 7. The van der Waals surface area contributed by atoms with Crippen LogP contribution in [-0.2, 0) is 6.42 Å². The molecule has 25 heavy (non-hydrogen) atoms. The molecule has 0 amide bonds.